The normalized spacial score (nSPS) is 14.2. The van der Waals surface area contributed by atoms with E-state index in [1.165, 1.54) is 18.9 Å². The predicted octanol–water partition coefficient (Wildman–Crippen LogP) is 4.02. The molecule has 0 saturated heterocycles. The van der Waals surface area contributed by atoms with Crippen LogP contribution in [0.15, 0.2) is 18.2 Å². The Labute approximate surface area is 120 Å². The van der Waals surface area contributed by atoms with Crippen LogP contribution in [0.3, 0.4) is 0 Å². The Morgan fingerprint density at radius 2 is 2.11 bits per heavy atom. The Balaban J connectivity index is 2.55. The van der Waals surface area contributed by atoms with Crippen LogP contribution in [-0.4, -0.2) is 24.7 Å². The van der Waals surface area contributed by atoms with Crippen molar-refractivity contribution in [2.24, 2.45) is 0 Å². The minimum atomic E-state index is -0.314. The number of halogens is 1. The lowest BCUT2D eigenvalue weighted by molar-refractivity contribution is 0.384. The number of methoxy groups -OCH3 is 1. The van der Waals surface area contributed by atoms with Gasteiger partial charge in [-0.2, -0.15) is 11.8 Å². The standard InChI is InChI=1S/C15H24FNOS/c1-5-19-9-8-11(2)17-12(3)13-6-7-14(16)15(10-13)18-4/h6-7,10-12,17H,5,8-9H2,1-4H3. The maximum Gasteiger partial charge on any atom is 0.165 e. The molecule has 108 valence electrons. The molecular formula is C15H24FNOS. The highest BCUT2D eigenvalue weighted by molar-refractivity contribution is 7.99. The van der Waals surface area contributed by atoms with Crippen molar-refractivity contribution in [3.05, 3.63) is 29.6 Å². The third-order valence-electron chi connectivity index (χ3n) is 3.11. The van der Waals surface area contributed by atoms with E-state index in [0.29, 0.717) is 11.8 Å². The number of thioether (sulfide) groups is 1. The maximum absolute atomic E-state index is 13.4. The first-order valence-corrected chi connectivity index (χ1v) is 7.91. The first-order chi connectivity index (χ1) is 9.08. The summed E-state index contributed by atoms with van der Waals surface area (Å²) in [6, 6.07) is 5.68. The molecule has 0 radical (unpaired) electrons. The van der Waals surface area contributed by atoms with Crippen molar-refractivity contribution in [1.82, 2.24) is 5.32 Å². The van der Waals surface area contributed by atoms with Gasteiger partial charge in [0.05, 0.1) is 7.11 Å². The number of nitrogens with one attached hydrogen (secondary N) is 1. The quantitative estimate of drug-likeness (QED) is 0.729. The maximum atomic E-state index is 13.4. The Kier molecular flexibility index (Phi) is 7.24. The fourth-order valence-electron chi connectivity index (χ4n) is 1.96. The smallest absolute Gasteiger partial charge is 0.165 e. The molecule has 1 N–H and O–H groups in total. The molecule has 0 aliphatic heterocycles. The fraction of sp³-hybridized carbons (Fsp3) is 0.600. The van der Waals surface area contributed by atoms with E-state index in [-0.39, 0.29) is 11.9 Å². The van der Waals surface area contributed by atoms with E-state index in [1.54, 1.807) is 6.07 Å². The van der Waals surface area contributed by atoms with E-state index in [2.05, 4.69) is 26.1 Å². The molecule has 0 spiro atoms. The highest BCUT2D eigenvalue weighted by Gasteiger charge is 2.12. The molecule has 0 fully saturated rings. The molecule has 2 atom stereocenters. The minimum Gasteiger partial charge on any atom is -0.494 e. The molecule has 4 heteroatoms. The van der Waals surface area contributed by atoms with Crippen LogP contribution in [0.25, 0.3) is 0 Å². The number of hydrogen-bond acceptors (Lipinski definition) is 3. The SMILES string of the molecule is CCSCCC(C)NC(C)c1ccc(F)c(OC)c1. The van der Waals surface area contributed by atoms with Crippen molar-refractivity contribution < 1.29 is 9.13 Å². The molecule has 0 heterocycles. The summed E-state index contributed by atoms with van der Waals surface area (Å²) in [5, 5.41) is 3.53. The van der Waals surface area contributed by atoms with Gasteiger partial charge < -0.3 is 10.1 Å². The van der Waals surface area contributed by atoms with Crippen LogP contribution >= 0.6 is 11.8 Å². The zero-order valence-electron chi connectivity index (χ0n) is 12.2. The number of hydrogen-bond donors (Lipinski definition) is 1. The van der Waals surface area contributed by atoms with Crippen LogP contribution in [0, 0.1) is 5.82 Å². The van der Waals surface area contributed by atoms with E-state index in [9.17, 15) is 4.39 Å². The van der Waals surface area contributed by atoms with Crippen molar-refractivity contribution in [3.8, 4) is 5.75 Å². The average Bonchev–Trinajstić information content (AvgIpc) is 2.39. The van der Waals surface area contributed by atoms with Crippen LogP contribution in [0.2, 0.25) is 0 Å². The minimum absolute atomic E-state index is 0.191. The summed E-state index contributed by atoms with van der Waals surface area (Å²) < 4.78 is 18.4. The third-order valence-corrected chi connectivity index (χ3v) is 4.04. The third kappa shape index (κ3) is 5.41. The molecule has 1 rings (SSSR count). The van der Waals surface area contributed by atoms with Gasteiger partial charge in [0, 0.05) is 12.1 Å². The van der Waals surface area contributed by atoms with Crippen molar-refractivity contribution in [3.63, 3.8) is 0 Å². The van der Waals surface area contributed by atoms with Gasteiger partial charge in [-0.1, -0.05) is 13.0 Å². The van der Waals surface area contributed by atoms with Crippen molar-refractivity contribution >= 4 is 11.8 Å². The molecule has 0 aliphatic carbocycles. The average molecular weight is 285 g/mol. The fourth-order valence-corrected chi connectivity index (χ4v) is 2.77. The lowest BCUT2D eigenvalue weighted by Crippen LogP contribution is -2.29. The van der Waals surface area contributed by atoms with Gasteiger partial charge in [0.1, 0.15) is 0 Å². The van der Waals surface area contributed by atoms with Crippen LogP contribution < -0.4 is 10.1 Å². The summed E-state index contributed by atoms with van der Waals surface area (Å²) in [7, 11) is 1.49. The number of benzene rings is 1. The lowest BCUT2D eigenvalue weighted by Gasteiger charge is -2.20. The molecule has 0 aromatic heterocycles. The van der Waals surface area contributed by atoms with Crippen molar-refractivity contribution in [1.29, 1.82) is 0 Å². The molecule has 1 aromatic rings. The Hall–Kier alpha value is -0.740. The van der Waals surface area contributed by atoms with Gasteiger partial charge >= 0.3 is 0 Å². The summed E-state index contributed by atoms with van der Waals surface area (Å²) in [6.07, 6.45) is 1.14. The molecule has 1 aromatic carbocycles. The first kappa shape index (κ1) is 16.3. The topological polar surface area (TPSA) is 21.3 Å². The van der Waals surface area contributed by atoms with Gasteiger partial charge in [0.2, 0.25) is 0 Å². The van der Waals surface area contributed by atoms with Gasteiger partial charge in [-0.3, -0.25) is 0 Å². The molecule has 2 nitrogen and oxygen atoms in total. The summed E-state index contributed by atoms with van der Waals surface area (Å²) >= 11 is 1.96. The first-order valence-electron chi connectivity index (χ1n) is 6.75. The second-order valence-corrected chi connectivity index (χ2v) is 6.06. The lowest BCUT2D eigenvalue weighted by atomic mass is 10.1. The van der Waals surface area contributed by atoms with Gasteiger partial charge in [-0.15, -0.1) is 0 Å². The summed E-state index contributed by atoms with van der Waals surface area (Å²) in [5.41, 5.74) is 1.05. The predicted molar refractivity (Wildman–Crippen MR) is 81.6 cm³/mol. The van der Waals surface area contributed by atoms with E-state index < -0.39 is 0 Å². The second-order valence-electron chi connectivity index (χ2n) is 4.67. The molecule has 0 saturated carbocycles. The summed E-state index contributed by atoms with van der Waals surface area (Å²) in [6.45, 7) is 6.46. The van der Waals surface area contributed by atoms with E-state index >= 15 is 0 Å². The summed E-state index contributed by atoms with van der Waals surface area (Å²) in [5.74, 6) is 2.33. The number of ether oxygens (including phenoxy) is 1. The monoisotopic (exact) mass is 285 g/mol. The molecule has 0 amide bonds. The molecule has 0 aliphatic rings. The molecule has 0 bridgehead atoms. The Bertz CT molecular complexity index is 386. The van der Waals surface area contributed by atoms with Gasteiger partial charge in [-0.05, 0) is 49.5 Å². The van der Waals surface area contributed by atoms with Gasteiger partial charge in [0.15, 0.2) is 11.6 Å². The van der Waals surface area contributed by atoms with E-state index in [1.807, 2.05) is 17.8 Å². The highest BCUT2D eigenvalue weighted by atomic mass is 32.2. The van der Waals surface area contributed by atoms with Crippen molar-refractivity contribution in [2.75, 3.05) is 18.6 Å². The zero-order valence-corrected chi connectivity index (χ0v) is 13.0. The Morgan fingerprint density at radius 3 is 2.74 bits per heavy atom. The second kappa shape index (κ2) is 8.43. The highest BCUT2D eigenvalue weighted by Crippen LogP contribution is 2.23. The van der Waals surface area contributed by atoms with Crippen LogP contribution in [0.5, 0.6) is 5.75 Å². The molecule has 19 heavy (non-hydrogen) atoms. The number of rotatable bonds is 8. The van der Waals surface area contributed by atoms with E-state index in [4.69, 9.17) is 4.74 Å². The van der Waals surface area contributed by atoms with Gasteiger partial charge in [0.25, 0.3) is 0 Å². The largest absolute Gasteiger partial charge is 0.494 e. The van der Waals surface area contributed by atoms with Crippen molar-refractivity contribution in [2.45, 2.75) is 39.3 Å². The van der Waals surface area contributed by atoms with Crippen LogP contribution in [-0.2, 0) is 0 Å². The van der Waals surface area contributed by atoms with Crippen LogP contribution in [0.1, 0.15) is 38.8 Å². The molecular weight excluding hydrogens is 261 g/mol. The summed E-state index contributed by atoms with van der Waals surface area (Å²) in [4.78, 5) is 0. The van der Waals surface area contributed by atoms with E-state index in [0.717, 1.165) is 17.7 Å². The van der Waals surface area contributed by atoms with Crippen LogP contribution in [0.4, 0.5) is 4.39 Å². The Morgan fingerprint density at radius 1 is 1.37 bits per heavy atom. The van der Waals surface area contributed by atoms with Gasteiger partial charge in [-0.25, -0.2) is 4.39 Å². The molecule has 2 unspecified atom stereocenters. The zero-order chi connectivity index (χ0) is 14.3.